The number of nitrogens with zero attached hydrogens (tertiary/aromatic N) is 3. The third-order valence-corrected chi connectivity index (χ3v) is 10.6. The van der Waals surface area contributed by atoms with Gasteiger partial charge in [-0.1, -0.05) is 73.7 Å². The average molecular weight is 675 g/mol. The van der Waals surface area contributed by atoms with Gasteiger partial charge in [0.1, 0.15) is 17.2 Å². The van der Waals surface area contributed by atoms with Gasteiger partial charge in [0.25, 0.3) is 0 Å². The van der Waals surface area contributed by atoms with Gasteiger partial charge in [0.05, 0.1) is 10.8 Å². The number of hydrogen-bond donors (Lipinski definition) is 1. The van der Waals surface area contributed by atoms with Gasteiger partial charge >= 0.3 is 6.09 Å². The summed E-state index contributed by atoms with van der Waals surface area (Å²) in [5.41, 5.74) is 0.662. The quantitative estimate of drug-likeness (QED) is 0.143. The van der Waals surface area contributed by atoms with Crippen LogP contribution in [0.5, 0.6) is 0 Å². The number of aromatic nitrogens is 1. The van der Waals surface area contributed by atoms with Crippen LogP contribution in [0.25, 0.3) is 0 Å². The molecular weight excluding hydrogens is 625 g/mol. The van der Waals surface area contributed by atoms with Crippen LogP contribution in [0.3, 0.4) is 0 Å². The fourth-order valence-electron chi connectivity index (χ4n) is 5.45. The summed E-state index contributed by atoms with van der Waals surface area (Å²) in [5, 5.41) is 2.27. The van der Waals surface area contributed by atoms with E-state index in [2.05, 4.69) is 17.1 Å². The Morgan fingerprint density at radius 2 is 1.54 bits per heavy atom. The van der Waals surface area contributed by atoms with Crippen molar-refractivity contribution in [1.29, 1.82) is 0 Å². The summed E-state index contributed by atoms with van der Waals surface area (Å²) >= 11 is 0. The zero-order valence-corrected chi connectivity index (χ0v) is 30.3. The summed E-state index contributed by atoms with van der Waals surface area (Å²) in [6.07, 6.45) is 4.02. The molecule has 1 heterocycles. The minimum atomic E-state index is -3.73. The molecule has 1 aromatic heterocycles. The first-order valence-electron chi connectivity index (χ1n) is 16.5. The van der Waals surface area contributed by atoms with E-state index in [4.69, 9.17) is 9.72 Å². The lowest BCUT2D eigenvalue weighted by atomic mass is 9.91. The highest BCUT2D eigenvalue weighted by molar-refractivity contribution is 7.93. The van der Waals surface area contributed by atoms with Crippen LogP contribution in [0.2, 0.25) is 0 Å². The Bertz CT molecular complexity index is 1700. The van der Waals surface area contributed by atoms with E-state index in [1.807, 2.05) is 67.6 Å². The topological polar surface area (TPSA) is 109 Å². The second kappa shape index (κ2) is 14.9. The van der Waals surface area contributed by atoms with Gasteiger partial charge in [-0.3, -0.25) is 9.10 Å². The van der Waals surface area contributed by atoms with Crippen molar-refractivity contribution < 1.29 is 22.7 Å². The molecule has 1 aliphatic carbocycles. The van der Waals surface area contributed by atoms with Crippen LogP contribution in [0.1, 0.15) is 76.4 Å². The van der Waals surface area contributed by atoms with Gasteiger partial charge in [-0.2, -0.15) is 0 Å². The molecule has 0 radical (unpaired) electrons. The monoisotopic (exact) mass is 674 g/mol. The van der Waals surface area contributed by atoms with Crippen molar-refractivity contribution >= 4 is 33.5 Å². The summed E-state index contributed by atoms with van der Waals surface area (Å²) in [6, 6.07) is 22.9. The molecule has 0 spiro atoms. The molecule has 1 amide bonds. The van der Waals surface area contributed by atoms with Gasteiger partial charge < -0.3 is 15.0 Å². The molecule has 9 nitrogen and oxygen atoms in total. The molecule has 1 N–H and O–H groups in total. The van der Waals surface area contributed by atoms with Crippen LogP contribution >= 0.6 is 0 Å². The molecule has 1 aliphatic rings. The Hall–Kier alpha value is -4.18. The third kappa shape index (κ3) is 10.2. The number of allylic oxidation sites excluding steroid dienone is 1. The molecule has 4 rings (SSSR count). The van der Waals surface area contributed by atoms with Crippen molar-refractivity contribution in [2.45, 2.75) is 84.2 Å². The lowest BCUT2D eigenvalue weighted by molar-refractivity contribution is 0.0483. The first-order valence-corrected chi connectivity index (χ1v) is 18.0. The number of amides is 1. The average Bonchev–Trinajstić information content (AvgIpc) is 3.72. The number of carbonyl (C=O) groups excluding carboxylic acids is 2. The normalized spacial score (nSPS) is 17.5. The molecule has 0 aliphatic heterocycles. The largest absolute Gasteiger partial charge is 0.444 e. The van der Waals surface area contributed by atoms with Crippen LogP contribution in [0, 0.1) is 11.8 Å². The lowest BCUT2D eigenvalue weighted by Gasteiger charge is -2.30. The van der Waals surface area contributed by atoms with Crippen LogP contribution in [0.15, 0.2) is 84.9 Å². The maximum absolute atomic E-state index is 14.0. The van der Waals surface area contributed by atoms with Crippen molar-refractivity contribution in [2.75, 3.05) is 22.8 Å². The third-order valence-electron chi connectivity index (χ3n) is 8.46. The van der Waals surface area contributed by atoms with Gasteiger partial charge in [-0.05, 0) is 95.6 Å². The maximum atomic E-state index is 14.0. The molecule has 3 aromatic rings. The molecule has 10 heteroatoms. The number of alkyl carbamates (subject to hydrolysis) is 1. The van der Waals surface area contributed by atoms with Crippen molar-refractivity contribution in [2.24, 2.45) is 11.8 Å². The predicted octanol–water partition coefficient (Wildman–Crippen LogP) is 7.18. The van der Waals surface area contributed by atoms with Crippen molar-refractivity contribution in [1.82, 2.24) is 10.3 Å². The summed E-state index contributed by atoms with van der Waals surface area (Å²) in [5.74, 6) is 1.41. The Morgan fingerprint density at radius 3 is 2.08 bits per heavy atom. The number of benzene rings is 2. The SMILES string of the molecule is CC1CC1CN(Cc1ccccc1)c1cc(C(=O)/C=C/[C@@](C)(Cc2ccccc2)NC(=O)OC(C)(C)C)cc(N(C)S(=O)(=O)C(C)C)n1. The molecule has 0 bridgehead atoms. The van der Waals surface area contributed by atoms with E-state index < -0.39 is 32.5 Å². The number of carbonyl (C=O) groups is 2. The molecule has 2 unspecified atom stereocenters. The summed E-state index contributed by atoms with van der Waals surface area (Å²) in [7, 11) is -2.26. The Kier molecular flexibility index (Phi) is 11.4. The van der Waals surface area contributed by atoms with Crippen LogP contribution in [-0.2, 0) is 27.7 Å². The Morgan fingerprint density at radius 1 is 0.979 bits per heavy atom. The van der Waals surface area contributed by atoms with E-state index in [1.54, 1.807) is 46.8 Å². The first-order chi connectivity index (χ1) is 22.5. The van der Waals surface area contributed by atoms with E-state index in [-0.39, 0.29) is 11.6 Å². The number of pyridine rings is 1. The molecule has 0 saturated heterocycles. The van der Waals surface area contributed by atoms with E-state index in [0.717, 1.165) is 28.4 Å². The minimum absolute atomic E-state index is 0.166. The fraction of sp³-hybridized carbons (Fsp3) is 0.447. The second-order valence-corrected chi connectivity index (χ2v) is 16.9. The van der Waals surface area contributed by atoms with E-state index >= 15 is 0 Å². The minimum Gasteiger partial charge on any atom is -0.444 e. The number of hydrogen-bond acceptors (Lipinski definition) is 7. The van der Waals surface area contributed by atoms with Crippen molar-refractivity contribution in [3.63, 3.8) is 0 Å². The van der Waals surface area contributed by atoms with Crippen molar-refractivity contribution in [3.05, 3.63) is 102 Å². The molecule has 3 atom stereocenters. The highest BCUT2D eigenvalue weighted by Crippen LogP contribution is 2.39. The summed E-state index contributed by atoms with van der Waals surface area (Å²) < 4.78 is 33.2. The van der Waals surface area contributed by atoms with Gasteiger partial charge in [0, 0.05) is 25.7 Å². The number of sulfonamides is 1. The maximum Gasteiger partial charge on any atom is 0.408 e. The lowest BCUT2D eigenvalue weighted by Crippen LogP contribution is -2.48. The standard InChI is InChI=1S/C38H50N4O5S/c1-27(2)48(45,46)41(8)34-22-31(23-35(39-34)42(26-32-21-28(32)3)25-30-17-13-10-14-18-30)33(43)19-20-38(7,24-29-15-11-9-12-16-29)40-36(44)47-37(4,5)6/h9-20,22-23,27-28,32H,21,24-26H2,1-8H3,(H,40,44)/b20-19+/t28?,32?,38-/m0/s1. The van der Waals surface area contributed by atoms with Gasteiger partial charge in [0.2, 0.25) is 10.0 Å². The number of anilines is 2. The molecule has 2 aromatic carbocycles. The molecule has 258 valence electrons. The number of nitrogens with one attached hydrogen (secondary N) is 1. The zero-order chi connectivity index (χ0) is 35.3. The number of rotatable bonds is 14. The summed E-state index contributed by atoms with van der Waals surface area (Å²) in [6.45, 7) is 13.9. The molecule has 1 fully saturated rings. The molecule has 1 saturated carbocycles. The van der Waals surface area contributed by atoms with E-state index in [0.29, 0.717) is 36.2 Å². The van der Waals surface area contributed by atoms with Crippen LogP contribution in [-0.4, -0.2) is 55.3 Å². The Balaban J connectivity index is 1.75. The molecular formula is C38H50N4O5S. The van der Waals surface area contributed by atoms with Gasteiger partial charge in [0.15, 0.2) is 5.78 Å². The number of ketones is 1. The highest BCUT2D eigenvalue weighted by atomic mass is 32.2. The molecule has 48 heavy (non-hydrogen) atoms. The van der Waals surface area contributed by atoms with Crippen LogP contribution in [0.4, 0.5) is 16.4 Å². The van der Waals surface area contributed by atoms with E-state index in [1.165, 1.54) is 19.2 Å². The first kappa shape index (κ1) is 36.7. The number of ether oxygens (including phenoxy) is 1. The summed E-state index contributed by atoms with van der Waals surface area (Å²) in [4.78, 5) is 33.9. The van der Waals surface area contributed by atoms with Crippen molar-refractivity contribution in [3.8, 4) is 0 Å². The van der Waals surface area contributed by atoms with Gasteiger partial charge in [-0.25, -0.2) is 18.2 Å². The highest BCUT2D eigenvalue weighted by Gasteiger charge is 2.35. The Labute approximate surface area is 286 Å². The smallest absolute Gasteiger partial charge is 0.408 e. The van der Waals surface area contributed by atoms with Gasteiger partial charge in [-0.15, -0.1) is 0 Å². The zero-order valence-electron chi connectivity index (χ0n) is 29.4. The predicted molar refractivity (Wildman–Crippen MR) is 193 cm³/mol. The van der Waals surface area contributed by atoms with E-state index in [9.17, 15) is 18.0 Å². The second-order valence-electron chi connectivity index (χ2n) is 14.4. The van der Waals surface area contributed by atoms with Crippen LogP contribution < -0.4 is 14.5 Å². The fourth-order valence-corrected chi connectivity index (χ4v) is 6.44.